The maximum Gasteiger partial charge on any atom is 0.256 e. The molecule has 3 aromatic rings. The number of hydrogen-bond donors (Lipinski definition) is 0. The second-order valence-corrected chi connectivity index (χ2v) is 5.50. The predicted molar refractivity (Wildman–Crippen MR) is 83.0 cm³/mol. The summed E-state index contributed by atoms with van der Waals surface area (Å²) in [5.74, 6) is 0.763. The number of ether oxygens (including phenoxy) is 1. The first-order valence-electron chi connectivity index (χ1n) is 6.34. The number of thiazole rings is 1. The predicted octanol–water partition coefficient (Wildman–Crippen LogP) is 3.22. The number of hydrogen-bond acceptors (Lipinski definition) is 4. The number of aryl methyl sites for hydroxylation is 1. The fourth-order valence-electron chi connectivity index (χ4n) is 2.30. The minimum Gasteiger partial charge on any atom is -0.497 e. The number of nitrogens with zero attached hydrogens (tertiary/aromatic N) is 2. The van der Waals surface area contributed by atoms with E-state index in [2.05, 4.69) is 6.07 Å². The lowest BCUT2D eigenvalue weighted by atomic mass is 10.1. The molecule has 0 fully saturated rings. The maximum absolute atomic E-state index is 12.3. The minimum absolute atomic E-state index is 0.117. The van der Waals surface area contributed by atoms with Crippen LogP contribution in [0.15, 0.2) is 40.5 Å². The zero-order valence-corrected chi connectivity index (χ0v) is 12.4. The minimum atomic E-state index is -0.117. The zero-order chi connectivity index (χ0) is 15.0. The van der Waals surface area contributed by atoms with Gasteiger partial charge in [0.2, 0.25) is 0 Å². The van der Waals surface area contributed by atoms with E-state index in [-0.39, 0.29) is 5.56 Å². The van der Waals surface area contributed by atoms with Crippen molar-refractivity contribution in [1.82, 2.24) is 4.40 Å². The second kappa shape index (κ2) is 5.08. The van der Waals surface area contributed by atoms with Crippen LogP contribution in [0, 0.1) is 18.3 Å². The monoisotopic (exact) mass is 296 g/mol. The van der Waals surface area contributed by atoms with E-state index in [0.29, 0.717) is 16.0 Å². The van der Waals surface area contributed by atoms with E-state index in [4.69, 9.17) is 4.74 Å². The first-order chi connectivity index (χ1) is 10.2. The Hall–Kier alpha value is -2.58. The van der Waals surface area contributed by atoms with Crippen LogP contribution >= 0.6 is 11.3 Å². The molecule has 0 bridgehead atoms. The lowest BCUT2D eigenvalue weighted by Gasteiger charge is -2.05. The second-order valence-electron chi connectivity index (χ2n) is 4.64. The van der Waals surface area contributed by atoms with Gasteiger partial charge < -0.3 is 4.74 Å². The molecule has 0 amide bonds. The molecule has 2 heterocycles. The Bertz CT molecular complexity index is 914. The van der Waals surface area contributed by atoms with Gasteiger partial charge in [0.1, 0.15) is 16.6 Å². The molecular weight excluding hydrogens is 284 g/mol. The summed E-state index contributed by atoms with van der Waals surface area (Å²) in [6, 6.07) is 11.2. The van der Waals surface area contributed by atoms with Crippen molar-refractivity contribution >= 4 is 16.2 Å². The van der Waals surface area contributed by atoms with Gasteiger partial charge in [0.25, 0.3) is 5.56 Å². The van der Waals surface area contributed by atoms with Crippen LogP contribution in [0.5, 0.6) is 5.75 Å². The molecule has 0 radical (unpaired) electrons. The number of rotatable bonds is 2. The van der Waals surface area contributed by atoms with Gasteiger partial charge in [0.15, 0.2) is 0 Å². The normalized spacial score (nSPS) is 10.5. The number of pyridine rings is 1. The molecule has 0 atom stereocenters. The number of methoxy groups -OCH3 is 1. The van der Waals surface area contributed by atoms with Gasteiger partial charge >= 0.3 is 0 Å². The van der Waals surface area contributed by atoms with Crippen LogP contribution < -0.4 is 10.3 Å². The summed E-state index contributed by atoms with van der Waals surface area (Å²) in [6.07, 6.45) is 0. The van der Waals surface area contributed by atoms with Crippen molar-refractivity contribution in [3.8, 4) is 23.1 Å². The van der Waals surface area contributed by atoms with Gasteiger partial charge in [-0.05, 0) is 42.3 Å². The third-order valence-corrected chi connectivity index (χ3v) is 4.34. The summed E-state index contributed by atoms with van der Waals surface area (Å²) in [5.41, 5.74) is 2.86. The fraction of sp³-hybridized carbons (Fsp3) is 0.125. The summed E-state index contributed by atoms with van der Waals surface area (Å²) in [5, 5.41) is 11.2. The highest BCUT2D eigenvalue weighted by atomic mass is 32.1. The van der Waals surface area contributed by atoms with Crippen LogP contribution in [-0.4, -0.2) is 11.5 Å². The van der Waals surface area contributed by atoms with Gasteiger partial charge in [0.05, 0.1) is 18.4 Å². The molecule has 1 aromatic carbocycles. The van der Waals surface area contributed by atoms with E-state index < -0.39 is 0 Å². The Morgan fingerprint density at radius 2 is 2.00 bits per heavy atom. The number of fused-ring (bicyclic) bond motifs is 1. The molecule has 0 saturated carbocycles. The van der Waals surface area contributed by atoms with Crippen molar-refractivity contribution in [1.29, 1.82) is 5.26 Å². The van der Waals surface area contributed by atoms with Gasteiger partial charge in [-0.15, -0.1) is 11.3 Å². The molecule has 0 unspecified atom stereocenters. The van der Waals surface area contributed by atoms with Gasteiger partial charge in [-0.2, -0.15) is 5.26 Å². The van der Waals surface area contributed by atoms with Crippen LogP contribution in [0.2, 0.25) is 0 Å². The van der Waals surface area contributed by atoms with Crippen LogP contribution in [0.4, 0.5) is 0 Å². The summed E-state index contributed by atoms with van der Waals surface area (Å²) < 4.78 is 6.74. The summed E-state index contributed by atoms with van der Waals surface area (Å²) in [7, 11) is 1.61. The molecule has 0 N–H and O–H groups in total. The van der Waals surface area contributed by atoms with Gasteiger partial charge in [0, 0.05) is 11.4 Å². The van der Waals surface area contributed by atoms with Crippen LogP contribution in [0.1, 0.15) is 11.1 Å². The SMILES string of the molecule is COc1ccc(-c2csc3c(C#N)c(C)cc(=O)n23)cc1. The van der Waals surface area contributed by atoms with E-state index in [1.807, 2.05) is 29.6 Å². The molecule has 2 aromatic heterocycles. The van der Waals surface area contributed by atoms with E-state index in [0.717, 1.165) is 17.0 Å². The van der Waals surface area contributed by atoms with Crippen molar-refractivity contribution in [2.75, 3.05) is 7.11 Å². The quantitative estimate of drug-likeness (QED) is 0.729. The average Bonchev–Trinajstić information content (AvgIpc) is 2.93. The fourth-order valence-corrected chi connectivity index (χ4v) is 3.38. The van der Waals surface area contributed by atoms with E-state index in [1.165, 1.54) is 17.4 Å². The highest BCUT2D eigenvalue weighted by Crippen LogP contribution is 2.28. The number of benzene rings is 1. The van der Waals surface area contributed by atoms with Crippen LogP contribution in [0.3, 0.4) is 0 Å². The van der Waals surface area contributed by atoms with Crippen molar-refractivity contribution in [3.05, 3.63) is 57.2 Å². The average molecular weight is 296 g/mol. The third kappa shape index (κ3) is 2.10. The smallest absolute Gasteiger partial charge is 0.256 e. The van der Waals surface area contributed by atoms with Crippen LogP contribution in [0.25, 0.3) is 16.1 Å². The topological polar surface area (TPSA) is 54.5 Å². The molecule has 21 heavy (non-hydrogen) atoms. The Labute approximate surface area is 125 Å². The number of nitriles is 1. The van der Waals surface area contributed by atoms with Crippen molar-refractivity contribution in [2.24, 2.45) is 0 Å². The lowest BCUT2D eigenvalue weighted by molar-refractivity contribution is 0.415. The Balaban J connectivity index is 2.30. The molecule has 3 rings (SSSR count). The molecule has 0 aliphatic heterocycles. The van der Waals surface area contributed by atoms with Crippen molar-refractivity contribution < 1.29 is 4.74 Å². The molecule has 5 heteroatoms. The molecular formula is C16H12N2O2S. The van der Waals surface area contributed by atoms with Gasteiger partial charge in [-0.25, -0.2) is 0 Å². The first kappa shape index (κ1) is 13.4. The lowest BCUT2D eigenvalue weighted by Crippen LogP contribution is -2.13. The summed E-state index contributed by atoms with van der Waals surface area (Å²) in [4.78, 5) is 13.0. The van der Waals surface area contributed by atoms with E-state index >= 15 is 0 Å². The first-order valence-corrected chi connectivity index (χ1v) is 7.22. The van der Waals surface area contributed by atoms with E-state index in [1.54, 1.807) is 18.4 Å². The number of aromatic nitrogens is 1. The summed E-state index contributed by atoms with van der Waals surface area (Å²) >= 11 is 1.41. The third-order valence-electron chi connectivity index (χ3n) is 3.39. The highest BCUT2D eigenvalue weighted by molar-refractivity contribution is 7.16. The van der Waals surface area contributed by atoms with Gasteiger partial charge in [-0.3, -0.25) is 9.20 Å². The molecule has 104 valence electrons. The van der Waals surface area contributed by atoms with E-state index in [9.17, 15) is 10.1 Å². The van der Waals surface area contributed by atoms with Crippen molar-refractivity contribution in [2.45, 2.75) is 6.92 Å². The highest BCUT2D eigenvalue weighted by Gasteiger charge is 2.13. The largest absolute Gasteiger partial charge is 0.497 e. The molecule has 0 spiro atoms. The molecule has 0 aliphatic rings. The standard InChI is InChI=1S/C16H12N2O2S/c1-10-7-15(19)18-14(9-21-16(18)13(10)8-17)11-3-5-12(20-2)6-4-11/h3-7,9H,1-2H3. The molecule has 0 aliphatic carbocycles. The maximum atomic E-state index is 12.3. The van der Waals surface area contributed by atoms with Crippen molar-refractivity contribution in [3.63, 3.8) is 0 Å². The Morgan fingerprint density at radius 3 is 2.62 bits per heavy atom. The zero-order valence-electron chi connectivity index (χ0n) is 11.6. The Kier molecular flexibility index (Phi) is 3.24. The molecule has 0 saturated heterocycles. The Morgan fingerprint density at radius 1 is 1.29 bits per heavy atom. The molecule has 4 nitrogen and oxygen atoms in total. The van der Waals surface area contributed by atoms with Gasteiger partial charge in [-0.1, -0.05) is 0 Å². The van der Waals surface area contributed by atoms with Crippen LogP contribution in [-0.2, 0) is 0 Å². The summed E-state index contributed by atoms with van der Waals surface area (Å²) in [6.45, 7) is 1.78.